The third kappa shape index (κ3) is 4.94. The Hall–Kier alpha value is -2.88. The van der Waals surface area contributed by atoms with Crippen LogP contribution in [0.2, 0.25) is 0 Å². The van der Waals surface area contributed by atoms with Crippen molar-refractivity contribution >= 4 is 5.91 Å². The molecule has 0 saturated carbocycles. The van der Waals surface area contributed by atoms with Gasteiger partial charge in [0, 0.05) is 30.6 Å². The summed E-state index contributed by atoms with van der Waals surface area (Å²) in [6.45, 7) is 3.80. The molecule has 1 aliphatic heterocycles. The number of amides is 1. The quantitative estimate of drug-likeness (QED) is 0.593. The summed E-state index contributed by atoms with van der Waals surface area (Å²) < 4.78 is 5.21. The van der Waals surface area contributed by atoms with Crippen LogP contribution in [0.1, 0.15) is 36.0 Å². The molecule has 29 heavy (non-hydrogen) atoms. The lowest BCUT2D eigenvalue weighted by molar-refractivity contribution is -0.132. The smallest absolute Gasteiger partial charge is 0.222 e. The van der Waals surface area contributed by atoms with E-state index >= 15 is 0 Å². The number of piperidine rings is 1. The maximum Gasteiger partial charge on any atom is 0.222 e. The van der Waals surface area contributed by atoms with Gasteiger partial charge in [0.1, 0.15) is 12.0 Å². The lowest BCUT2D eigenvalue weighted by Gasteiger charge is -2.32. The van der Waals surface area contributed by atoms with E-state index in [4.69, 9.17) is 4.52 Å². The number of rotatable bonds is 6. The zero-order chi connectivity index (χ0) is 20.1. The van der Waals surface area contributed by atoms with E-state index in [1.54, 1.807) is 6.26 Å². The molecule has 1 aromatic heterocycles. The van der Waals surface area contributed by atoms with Crippen molar-refractivity contribution in [3.8, 4) is 11.3 Å². The minimum absolute atomic E-state index is 0.236. The Kier molecular flexibility index (Phi) is 6.09. The van der Waals surface area contributed by atoms with Crippen molar-refractivity contribution < 1.29 is 9.32 Å². The van der Waals surface area contributed by atoms with E-state index in [9.17, 15) is 4.79 Å². The Morgan fingerprint density at radius 1 is 1.10 bits per heavy atom. The molecule has 0 unspecified atom stereocenters. The van der Waals surface area contributed by atoms with Crippen LogP contribution >= 0.6 is 0 Å². The van der Waals surface area contributed by atoms with Gasteiger partial charge in [0.05, 0.1) is 0 Å². The van der Waals surface area contributed by atoms with Crippen LogP contribution in [0.3, 0.4) is 0 Å². The summed E-state index contributed by atoms with van der Waals surface area (Å²) in [6, 6.07) is 18.9. The molecule has 1 saturated heterocycles. The van der Waals surface area contributed by atoms with E-state index in [-0.39, 0.29) is 5.91 Å². The Morgan fingerprint density at radius 3 is 2.66 bits per heavy atom. The van der Waals surface area contributed by atoms with Gasteiger partial charge in [-0.1, -0.05) is 59.3 Å². The van der Waals surface area contributed by atoms with E-state index in [2.05, 4.69) is 54.5 Å². The Morgan fingerprint density at radius 2 is 1.90 bits per heavy atom. The molecule has 2 heterocycles. The van der Waals surface area contributed by atoms with Crippen LogP contribution in [0, 0.1) is 12.8 Å². The Bertz CT molecular complexity index is 940. The van der Waals surface area contributed by atoms with Crippen LogP contribution in [0.4, 0.5) is 0 Å². The summed E-state index contributed by atoms with van der Waals surface area (Å²) in [5, 5.41) is 4.17. The number of carbonyl (C=O) groups is 1. The highest BCUT2D eigenvalue weighted by atomic mass is 16.5. The molecule has 1 fully saturated rings. The maximum absolute atomic E-state index is 12.7. The van der Waals surface area contributed by atoms with E-state index in [1.807, 2.05) is 17.0 Å². The minimum atomic E-state index is 0.236. The van der Waals surface area contributed by atoms with Crippen molar-refractivity contribution in [2.24, 2.45) is 5.92 Å². The molecule has 4 rings (SSSR count). The molecule has 4 heteroatoms. The summed E-state index contributed by atoms with van der Waals surface area (Å²) in [5.74, 6) is 0.909. The molecule has 1 aliphatic rings. The highest BCUT2D eigenvalue weighted by molar-refractivity contribution is 5.77. The second-order valence-corrected chi connectivity index (χ2v) is 8.07. The van der Waals surface area contributed by atoms with Crippen LogP contribution in [0.15, 0.2) is 65.4 Å². The summed E-state index contributed by atoms with van der Waals surface area (Å²) in [6.07, 6.45) is 6.13. The fourth-order valence-electron chi connectivity index (χ4n) is 4.20. The van der Waals surface area contributed by atoms with E-state index in [1.165, 1.54) is 11.1 Å². The predicted molar refractivity (Wildman–Crippen MR) is 114 cm³/mol. The summed E-state index contributed by atoms with van der Waals surface area (Å²) in [7, 11) is 0. The molecule has 2 aromatic carbocycles. The number of hydrogen-bond acceptors (Lipinski definition) is 3. The SMILES string of the molecule is Cc1cccc(-c2nocc2CCC(=O)N2CCC(Cc3ccccc3)CC2)c1. The third-order valence-electron chi connectivity index (χ3n) is 5.88. The van der Waals surface area contributed by atoms with Crippen molar-refractivity contribution in [3.05, 3.63) is 77.6 Å². The number of nitrogens with zero attached hydrogens (tertiary/aromatic N) is 2. The number of carbonyl (C=O) groups excluding carboxylic acids is 1. The fraction of sp³-hybridized carbons (Fsp3) is 0.360. The normalized spacial score (nSPS) is 14.9. The maximum atomic E-state index is 12.7. The third-order valence-corrected chi connectivity index (χ3v) is 5.88. The summed E-state index contributed by atoms with van der Waals surface area (Å²) in [5.41, 5.74) is 5.48. The molecular formula is C25H28N2O2. The summed E-state index contributed by atoms with van der Waals surface area (Å²) >= 11 is 0. The number of hydrogen-bond donors (Lipinski definition) is 0. The van der Waals surface area contributed by atoms with Gasteiger partial charge in [-0.25, -0.2) is 0 Å². The van der Waals surface area contributed by atoms with Crippen LogP contribution in [0.5, 0.6) is 0 Å². The second-order valence-electron chi connectivity index (χ2n) is 8.07. The largest absolute Gasteiger partial charge is 0.364 e. The van der Waals surface area contributed by atoms with Gasteiger partial charge >= 0.3 is 0 Å². The fourth-order valence-corrected chi connectivity index (χ4v) is 4.20. The standard InChI is InChI=1S/C25H28N2O2/c1-19-6-5-9-22(16-19)25-23(18-29-26-25)10-11-24(28)27-14-12-21(13-15-27)17-20-7-3-2-4-8-20/h2-9,16,18,21H,10-15,17H2,1H3. The van der Waals surface area contributed by atoms with Crippen LogP contribution in [-0.4, -0.2) is 29.1 Å². The molecule has 1 amide bonds. The van der Waals surface area contributed by atoms with E-state index in [0.717, 1.165) is 49.2 Å². The molecule has 0 atom stereocenters. The van der Waals surface area contributed by atoms with Gasteiger partial charge in [-0.15, -0.1) is 0 Å². The van der Waals surface area contributed by atoms with Crippen LogP contribution in [-0.2, 0) is 17.6 Å². The highest BCUT2D eigenvalue weighted by Crippen LogP contribution is 2.25. The van der Waals surface area contributed by atoms with Gasteiger partial charge in [0.15, 0.2) is 0 Å². The average Bonchev–Trinajstić information content (AvgIpc) is 3.22. The molecule has 3 aromatic rings. The first-order chi connectivity index (χ1) is 14.2. The Balaban J connectivity index is 1.29. The van der Waals surface area contributed by atoms with Gasteiger partial charge in [-0.3, -0.25) is 4.79 Å². The van der Waals surface area contributed by atoms with Gasteiger partial charge in [0.2, 0.25) is 5.91 Å². The topological polar surface area (TPSA) is 46.3 Å². The van der Waals surface area contributed by atoms with Crippen molar-refractivity contribution in [3.63, 3.8) is 0 Å². The number of aromatic nitrogens is 1. The first-order valence-electron chi connectivity index (χ1n) is 10.5. The minimum Gasteiger partial charge on any atom is -0.364 e. The van der Waals surface area contributed by atoms with Crippen LogP contribution < -0.4 is 0 Å². The van der Waals surface area contributed by atoms with Gasteiger partial charge in [0.25, 0.3) is 0 Å². The lowest BCUT2D eigenvalue weighted by Crippen LogP contribution is -2.39. The average molecular weight is 389 g/mol. The van der Waals surface area contributed by atoms with Crippen molar-refractivity contribution in [2.45, 2.75) is 39.0 Å². The number of benzene rings is 2. The van der Waals surface area contributed by atoms with Crippen molar-refractivity contribution in [2.75, 3.05) is 13.1 Å². The molecule has 0 bridgehead atoms. The molecule has 150 valence electrons. The molecule has 0 aliphatic carbocycles. The van der Waals surface area contributed by atoms with Gasteiger partial charge in [-0.05, 0) is 50.2 Å². The number of likely N-dealkylation sites (tertiary alicyclic amines) is 1. The van der Waals surface area contributed by atoms with E-state index in [0.29, 0.717) is 18.8 Å². The number of aryl methyl sites for hydroxylation is 2. The van der Waals surface area contributed by atoms with E-state index < -0.39 is 0 Å². The Labute approximate surface area is 172 Å². The molecule has 0 spiro atoms. The zero-order valence-electron chi connectivity index (χ0n) is 17.0. The zero-order valence-corrected chi connectivity index (χ0v) is 17.0. The summed E-state index contributed by atoms with van der Waals surface area (Å²) in [4.78, 5) is 14.8. The lowest BCUT2D eigenvalue weighted by atomic mass is 9.90. The predicted octanol–water partition coefficient (Wildman–Crippen LogP) is 5.06. The monoisotopic (exact) mass is 388 g/mol. The first-order valence-corrected chi connectivity index (χ1v) is 10.5. The molecule has 4 nitrogen and oxygen atoms in total. The molecule has 0 N–H and O–H groups in total. The second kappa shape index (κ2) is 9.08. The highest BCUT2D eigenvalue weighted by Gasteiger charge is 2.23. The van der Waals surface area contributed by atoms with Crippen LogP contribution in [0.25, 0.3) is 11.3 Å². The van der Waals surface area contributed by atoms with Crippen molar-refractivity contribution in [1.82, 2.24) is 10.1 Å². The molecule has 0 radical (unpaired) electrons. The molecular weight excluding hydrogens is 360 g/mol. The first kappa shape index (κ1) is 19.4. The van der Waals surface area contributed by atoms with Gasteiger partial charge < -0.3 is 9.42 Å². The van der Waals surface area contributed by atoms with Crippen molar-refractivity contribution in [1.29, 1.82) is 0 Å². The van der Waals surface area contributed by atoms with Gasteiger partial charge in [-0.2, -0.15) is 0 Å².